The molecule has 0 saturated carbocycles. The summed E-state index contributed by atoms with van der Waals surface area (Å²) in [6, 6.07) is 12.4. The molecule has 0 spiro atoms. The first-order chi connectivity index (χ1) is 10.6. The van der Waals surface area contributed by atoms with Crippen LogP contribution in [0.25, 0.3) is 0 Å². The molecule has 0 fully saturated rings. The van der Waals surface area contributed by atoms with Gasteiger partial charge in [-0.3, -0.25) is 4.98 Å². The molecule has 1 atom stereocenters. The van der Waals surface area contributed by atoms with Gasteiger partial charge in [0, 0.05) is 11.8 Å². The van der Waals surface area contributed by atoms with Crippen molar-refractivity contribution in [2.24, 2.45) is 21.7 Å². The molecular formula is C17H21Cl2N5. The Morgan fingerprint density at radius 3 is 2.46 bits per heavy atom. The standard InChI is InChI=1S/C17H19N5.2ClH/c1-11-7-8-20-14-9-13(12-5-3-2-4-6-12)10-15(16(11)14)21-22-17(18)19;;/h2-8,13H,9-10H2,1H3,(H4,18,19,22);2*1H/b21-15+;;. The fourth-order valence-corrected chi connectivity index (χ4v) is 2.97. The summed E-state index contributed by atoms with van der Waals surface area (Å²) >= 11 is 0. The van der Waals surface area contributed by atoms with E-state index in [9.17, 15) is 0 Å². The molecule has 0 saturated heterocycles. The average molecular weight is 366 g/mol. The van der Waals surface area contributed by atoms with Gasteiger partial charge in [0.25, 0.3) is 0 Å². The highest BCUT2D eigenvalue weighted by Crippen LogP contribution is 2.33. The van der Waals surface area contributed by atoms with Gasteiger partial charge < -0.3 is 11.5 Å². The zero-order chi connectivity index (χ0) is 15.5. The normalized spacial score (nSPS) is 17.2. The van der Waals surface area contributed by atoms with E-state index in [-0.39, 0.29) is 30.8 Å². The van der Waals surface area contributed by atoms with E-state index in [2.05, 4.69) is 46.4 Å². The van der Waals surface area contributed by atoms with Gasteiger partial charge in [-0.2, -0.15) is 5.10 Å². The van der Waals surface area contributed by atoms with Crippen LogP contribution < -0.4 is 11.5 Å². The Morgan fingerprint density at radius 2 is 1.79 bits per heavy atom. The second-order valence-corrected chi connectivity index (χ2v) is 5.54. The fourth-order valence-electron chi connectivity index (χ4n) is 2.97. The first kappa shape index (κ1) is 19.9. The topological polar surface area (TPSA) is 89.6 Å². The number of nitrogens with two attached hydrogens (primary N) is 2. The first-order valence-electron chi connectivity index (χ1n) is 7.30. The van der Waals surface area contributed by atoms with Gasteiger partial charge in [-0.25, -0.2) is 0 Å². The third kappa shape index (κ3) is 4.24. The lowest BCUT2D eigenvalue weighted by Gasteiger charge is -2.26. The highest BCUT2D eigenvalue weighted by molar-refractivity contribution is 6.04. The van der Waals surface area contributed by atoms with E-state index in [1.54, 1.807) is 0 Å². The monoisotopic (exact) mass is 365 g/mol. The highest BCUT2D eigenvalue weighted by atomic mass is 35.5. The number of hydrogen-bond donors (Lipinski definition) is 2. The summed E-state index contributed by atoms with van der Waals surface area (Å²) in [6.45, 7) is 2.06. The van der Waals surface area contributed by atoms with Crippen molar-refractivity contribution in [2.75, 3.05) is 0 Å². The number of benzene rings is 1. The second-order valence-electron chi connectivity index (χ2n) is 5.54. The number of aryl methyl sites for hydroxylation is 1. The van der Waals surface area contributed by atoms with Crippen LogP contribution in [0.3, 0.4) is 0 Å². The minimum absolute atomic E-state index is 0. The number of nitrogens with zero attached hydrogens (tertiary/aromatic N) is 3. The molecule has 3 rings (SSSR count). The van der Waals surface area contributed by atoms with Gasteiger partial charge in [0.15, 0.2) is 0 Å². The maximum absolute atomic E-state index is 5.42. The van der Waals surface area contributed by atoms with Crippen LogP contribution in [0.15, 0.2) is 52.8 Å². The van der Waals surface area contributed by atoms with E-state index in [1.807, 2.05) is 18.3 Å². The molecule has 128 valence electrons. The van der Waals surface area contributed by atoms with E-state index in [0.29, 0.717) is 5.92 Å². The predicted molar refractivity (Wildman–Crippen MR) is 103 cm³/mol. The Morgan fingerprint density at radius 1 is 1.08 bits per heavy atom. The van der Waals surface area contributed by atoms with Crippen molar-refractivity contribution in [2.45, 2.75) is 25.7 Å². The molecule has 1 aliphatic rings. The van der Waals surface area contributed by atoms with Crippen LogP contribution in [-0.4, -0.2) is 16.7 Å². The summed E-state index contributed by atoms with van der Waals surface area (Å²) in [6.07, 6.45) is 3.56. The number of fused-ring (bicyclic) bond motifs is 1. The van der Waals surface area contributed by atoms with E-state index < -0.39 is 0 Å². The van der Waals surface area contributed by atoms with Crippen LogP contribution >= 0.6 is 24.8 Å². The number of pyridine rings is 1. The number of rotatable bonds is 2. The summed E-state index contributed by atoms with van der Waals surface area (Å²) in [4.78, 5) is 4.54. The van der Waals surface area contributed by atoms with Crippen LogP contribution in [-0.2, 0) is 6.42 Å². The smallest absolute Gasteiger partial charge is 0.211 e. The second kappa shape index (κ2) is 8.66. The van der Waals surface area contributed by atoms with Crippen LogP contribution in [0.2, 0.25) is 0 Å². The maximum Gasteiger partial charge on any atom is 0.211 e. The quantitative estimate of drug-likeness (QED) is 0.486. The van der Waals surface area contributed by atoms with Crippen molar-refractivity contribution in [3.05, 3.63) is 65.0 Å². The van der Waals surface area contributed by atoms with E-state index >= 15 is 0 Å². The molecule has 2 aromatic rings. The summed E-state index contributed by atoms with van der Waals surface area (Å²) in [5, 5.41) is 8.12. The Bertz CT molecular complexity index is 740. The Balaban J connectivity index is 0.00000144. The first-order valence-corrected chi connectivity index (χ1v) is 7.30. The van der Waals surface area contributed by atoms with Crippen LogP contribution in [0.1, 0.15) is 34.7 Å². The number of aromatic nitrogens is 1. The van der Waals surface area contributed by atoms with Gasteiger partial charge in [-0.15, -0.1) is 29.9 Å². The summed E-state index contributed by atoms with van der Waals surface area (Å²) in [5.74, 6) is 0.313. The lowest BCUT2D eigenvalue weighted by atomic mass is 9.80. The van der Waals surface area contributed by atoms with Crippen LogP contribution in [0, 0.1) is 6.92 Å². The van der Waals surface area contributed by atoms with Gasteiger partial charge in [0.2, 0.25) is 5.96 Å². The minimum atomic E-state index is -0.0302. The Kier molecular flexibility index (Phi) is 7.19. The van der Waals surface area contributed by atoms with E-state index in [0.717, 1.165) is 35.4 Å². The van der Waals surface area contributed by atoms with Crippen molar-refractivity contribution in [3.8, 4) is 0 Å². The SMILES string of the molecule is Cc1ccnc2c1/C(=N/N=C(N)N)CC(c1ccccc1)C2.Cl.Cl. The third-order valence-electron chi connectivity index (χ3n) is 3.96. The van der Waals surface area contributed by atoms with Crippen LogP contribution in [0.5, 0.6) is 0 Å². The molecule has 1 aromatic carbocycles. The minimum Gasteiger partial charge on any atom is -0.369 e. The largest absolute Gasteiger partial charge is 0.369 e. The molecule has 1 heterocycles. The Hall–Kier alpha value is -2.11. The zero-order valence-electron chi connectivity index (χ0n) is 13.3. The van der Waals surface area contributed by atoms with Crippen molar-refractivity contribution in [1.82, 2.24) is 4.98 Å². The van der Waals surface area contributed by atoms with Crippen molar-refractivity contribution in [3.63, 3.8) is 0 Å². The van der Waals surface area contributed by atoms with E-state index in [4.69, 9.17) is 11.5 Å². The van der Waals surface area contributed by atoms with E-state index in [1.165, 1.54) is 5.56 Å². The van der Waals surface area contributed by atoms with Gasteiger partial charge in [0.1, 0.15) is 0 Å². The lowest BCUT2D eigenvalue weighted by Crippen LogP contribution is -2.24. The summed E-state index contributed by atoms with van der Waals surface area (Å²) in [5.41, 5.74) is 16.3. The number of guanidine groups is 1. The Labute approximate surface area is 154 Å². The van der Waals surface area contributed by atoms with Crippen LogP contribution in [0.4, 0.5) is 0 Å². The number of hydrogen-bond acceptors (Lipinski definition) is 3. The summed E-state index contributed by atoms with van der Waals surface area (Å²) in [7, 11) is 0. The van der Waals surface area contributed by atoms with Gasteiger partial charge in [-0.1, -0.05) is 30.3 Å². The molecule has 5 nitrogen and oxygen atoms in total. The van der Waals surface area contributed by atoms with Crippen molar-refractivity contribution < 1.29 is 0 Å². The third-order valence-corrected chi connectivity index (χ3v) is 3.96. The summed E-state index contributed by atoms with van der Waals surface area (Å²) < 4.78 is 0. The van der Waals surface area contributed by atoms with Crippen molar-refractivity contribution >= 4 is 36.5 Å². The van der Waals surface area contributed by atoms with Crippen molar-refractivity contribution in [1.29, 1.82) is 0 Å². The fraction of sp³-hybridized carbons (Fsp3) is 0.235. The molecule has 0 bridgehead atoms. The van der Waals surface area contributed by atoms with Gasteiger partial charge in [-0.05, 0) is 42.9 Å². The maximum atomic E-state index is 5.42. The zero-order valence-corrected chi connectivity index (χ0v) is 15.0. The molecule has 1 aliphatic carbocycles. The highest BCUT2D eigenvalue weighted by Gasteiger charge is 2.27. The van der Waals surface area contributed by atoms with Gasteiger partial charge in [0.05, 0.1) is 11.4 Å². The lowest BCUT2D eigenvalue weighted by molar-refractivity contribution is 0.677. The van der Waals surface area contributed by atoms with Gasteiger partial charge >= 0.3 is 0 Å². The molecule has 24 heavy (non-hydrogen) atoms. The predicted octanol–water partition coefficient (Wildman–Crippen LogP) is 2.94. The molecule has 4 N–H and O–H groups in total. The molecule has 1 unspecified atom stereocenters. The molecular weight excluding hydrogens is 345 g/mol. The molecule has 7 heteroatoms. The average Bonchev–Trinajstić information content (AvgIpc) is 2.53. The molecule has 1 aromatic heterocycles. The molecule has 0 radical (unpaired) electrons. The number of halogens is 2. The molecule has 0 amide bonds. The molecule has 0 aliphatic heterocycles.